The third-order valence-electron chi connectivity index (χ3n) is 4.36. The van der Waals surface area contributed by atoms with Crippen LogP contribution in [-0.2, 0) is 11.0 Å². The molecule has 0 aliphatic carbocycles. The number of carboxylic acid groups (broad SMARTS) is 1. The van der Waals surface area contributed by atoms with Gasteiger partial charge in [-0.05, 0) is 25.0 Å². The van der Waals surface area contributed by atoms with Crippen molar-refractivity contribution >= 4 is 23.5 Å². The van der Waals surface area contributed by atoms with Crippen molar-refractivity contribution in [1.29, 1.82) is 0 Å². The Morgan fingerprint density at radius 2 is 1.96 bits per heavy atom. The molecule has 1 aliphatic heterocycles. The first-order valence-electron chi connectivity index (χ1n) is 8.12. The van der Waals surface area contributed by atoms with Gasteiger partial charge in [0.1, 0.15) is 5.69 Å². The van der Waals surface area contributed by atoms with Crippen LogP contribution in [-0.4, -0.2) is 44.8 Å². The van der Waals surface area contributed by atoms with Crippen molar-refractivity contribution in [2.45, 2.75) is 19.0 Å². The van der Waals surface area contributed by atoms with Gasteiger partial charge in [-0.2, -0.15) is 18.3 Å². The number of hydrogen-bond acceptors (Lipinski definition) is 3. The largest absolute Gasteiger partial charge is 0.481 e. The fourth-order valence-electron chi connectivity index (χ4n) is 3.00. The number of aliphatic carboxylic acids is 1. The van der Waals surface area contributed by atoms with E-state index in [9.17, 15) is 22.8 Å². The second-order valence-electron chi connectivity index (χ2n) is 6.20. The van der Waals surface area contributed by atoms with Crippen molar-refractivity contribution in [3.8, 4) is 5.69 Å². The first-order valence-corrected chi connectivity index (χ1v) is 8.50. The van der Waals surface area contributed by atoms with Crippen LogP contribution in [0.2, 0.25) is 5.02 Å². The maximum atomic E-state index is 13.2. The molecule has 27 heavy (non-hydrogen) atoms. The van der Waals surface area contributed by atoms with E-state index in [1.54, 1.807) is 12.1 Å². The Hall–Kier alpha value is -2.55. The molecule has 0 spiro atoms. The summed E-state index contributed by atoms with van der Waals surface area (Å²) >= 11 is 6.06. The zero-order valence-corrected chi connectivity index (χ0v) is 14.7. The molecule has 1 aliphatic rings. The van der Waals surface area contributed by atoms with Gasteiger partial charge in [-0.3, -0.25) is 9.59 Å². The molecular weight excluding hydrogens is 387 g/mol. The predicted octanol–water partition coefficient (Wildman–Crippen LogP) is 3.48. The van der Waals surface area contributed by atoms with Crippen molar-refractivity contribution in [3.63, 3.8) is 0 Å². The van der Waals surface area contributed by atoms with Crippen LogP contribution in [0.25, 0.3) is 5.69 Å². The lowest BCUT2D eigenvalue weighted by Crippen LogP contribution is -2.42. The molecule has 2 heterocycles. The van der Waals surface area contributed by atoms with Crippen LogP contribution in [0.3, 0.4) is 0 Å². The number of amides is 1. The summed E-state index contributed by atoms with van der Waals surface area (Å²) in [5.41, 5.74) is -1.41. The highest BCUT2D eigenvalue weighted by Crippen LogP contribution is 2.31. The third kappa shape index (κ3) is 3.92. The van der Waals surface area contributed by atoms with Crippen molar-refractivity contribution in [2.24, 2.45) is 5.92 Å². The van der Waals surface area contributed by atoms with Crippen LogP contribution in [0.4, 0.5) is 13.2 Å². The van der Waals surface area contributed by atoms with Crippen molar-refractivity contribution in [1.82, 2.24) is 14.7 Å². The molecule has 1 saturated heterocycles. The molecule has 144 valence electrons. The van der Waals surface area contributed by atoms with E-state index in [1.807, 2.05) is 0 Å². The average Bonchev–Trinajstić information content (AvgIpc) is 3.07. The standard InChI is InChI=1S/C17H15ClF3N3O3/c18-11-5-1-2-6-12(11)24-13(8-14(22-24)17(19,20)21)15(25)23-7-3-4-10(9-23)16(26)27/h1-2,5-6,8,10H,3-4,7,9H2,(H,26,27). The molecule has 1 aromatic heterocycles. The number of para-hydroxylation sites is 1. The number of benzene rings is 1. The molecule has 1 fully saturated rings. The lowest BCUT2D eigenvalue weighted by molar-refractivity contribution is -0.143. The minimum atomic E-state index is -4.74. The van der Waals surface area contributed by atoms with E-state index in [2.05, 4.69) is 5.10 Å². The Labute approximate surface area is 157 Å². The summed E-state index contributed by atoms with van der Waals surface area (Å²) in [6, 6.07) is 6.75. The van der Waals surface area contributed by atoms with Gasteiger partial charge in [-0.25, -0.2) is 4.68 Å². The number of alkyl halides is 3. The minimum Gasteiger partial charge on any atom is -0.481 e. The van der Waals surface area contributed by atoms with Crippen molar-refractivity contribution in [2.75, 3.05) is 13.1 Å². The zero-order valence-electron chi connectivity index (χ0n) is 13.9. The maximum Gasteiger partial charge on any atom is 0.435 e. The Kier molecular flexibility index (Phi) is 5.14. The molecule has 0 radical (unpaired) electrons. The monoisotopic (exact) mass is 401 g/mol. The Morgan fingerprint density at radius 3 is 2.59 bits per heavy atom. The maximum absolute atomic E-state index is 13.2. The number of carboxylic acids is 1. The van der Waals surface area contributed by atoms with E-state index in [0.717, 1.165) is 4.68 Å². The van der Waals surface area contributed by atoms with E-state index in [-0.39, 0.29) is 29.5 Å². The Morgan fingerprint density at radius 1 is 1.26 bits per heavy atom. The number of hydrogen-bond donors (Lipinski definition) is 1. The van der Waals surface area contributed by atoms with E-state index in [4.69, 9.17) is 16.7 Å². The molecule has 10 heteroatoms. The number of nitrogens with zero attached hydrogens (tertiary/aromatic N) is 3. The van der Waals surface area contributed by atoms with Crippen LogP contribution in [0.5, 0.6) is 0 Å². The molecule has 2 aromatic rings. The highest BCUT2D eigenvalue weighted by molar-refractivity contribution is 6.32. The summed E-state index contributed by atoms with van der Waals surface area (Å²) in [4.78, 5) is 25.3. The van der Waals surface area contributed by atoms with Gasteiger partial charge < -0.3 is 10.0 Å². The van der Waals surface area contributed by atoms with Gasteiger partial charge in [0.05, 0.1) is 16.6 Å². The van der Waals surface area contributed by atoms with Gasteiger partial charge in [-0.1, -0.05) is 23.7 Å². The quantitative estimate of drug-likeness (QED) is 0.854. The number of rotatable bonds is 3. The number of aromatic nitrogens is 2. The fourth-order valence-corrected chi connectivity index (χ4v) is 3.22. The zero-order chi connectivity index (χ0) is 19.8. The normalized spacial score (nSPS) is 17.8. The summed E-state index contributed by atoms with van der Waals surface area (Å²) in [6.07, 6.45) is -3.88. The first-order chi connectivity index (χ1) is 12.7. The Bertz CT molecular complexity index is 882. The van der Waals surface area contributed by atoms with Gasteiger partial charge in [0.25, 0.3) is 5.91 Å². The van der Waals surface area contributed by atoms with Gasteiger partial charge in [0.2, 0.25) is 0 Å². The second kappa shape index (κ2) is 7.22. The SMILES string of the molecule is O=C(O)C1CCCN(C(=O)c2cc(C(F)(F)F)nn2-c2ccccc2Cl)C1. The Balaban J connectivity index is 2.03. The molecule has 0 bridgehead atoms. The summed E-state index contributed by atoms with van der Waals surface area (Å²) in [5, 5.41) is 12.8. The van der Waals surface area contributed by atoms with Crippen LogP contribution in [0.1, 0.15) is 29.0 Å². The van der Waals surface area contributed by atoms with Gasteiger partial charge in [0, 0.05) is 19.2 Å². The number of halogens is 4. The third-order valence-corrected chi connectivity index (χ3v) is 4.68. The summed E-state index contributed by atoms with van der Waals surface area (Å²) in [7, 11) is 0. The van der Waals surface area contributed by atoms with Crippen LogP contribution < -0.4 is 0 Å². The molecule has 0 saturated carbocycles. The molecule has 6 nitrogen and oxygen atoms in total. The predicted molar refractivity (Wildman–Crippen MR) is 89.8 cm³/mol. The smallest absolute Gasteiger partial charge is 0.435 e. The average molecular weight is 402 g/mol. The van der Waals surface area contributed by atoms with Crippen molar-refractivity contribution in [3.05, 3.63) is 46.7 Å². The molecule has 1 N–H and O–H groups in total. The number of carbonyl (C=O) groups excluding carboxylic acids is 1. The molecule has 1 atom stereocenters. The number of likely N-dealkylation sites (tertiary alicyclic amines) is 1. The molecule has 1 aromatic carbocycles. The second-order valence-corrected chi connectivity index (χ2v) is 6.61. The molecule has 3 rings (SSSR count). The van der Waals surface area contributed by atoms with Gasteiger partial charge in [-0.15, -0.1) is 0 Å². The topological polar surface area (TPSA) is 75.4 Å². The van der Waals surface area contributed by atoms with Crippen LogP contribution >= 0.6 is 11.6 Å². The summed E-state index contributed by atoms with van der Waals surface area (Å²) in [6.45, 7) is 0.195. The molecular formula is C17H15ClF3N3O3. The highest BCUT2D eigenvalue weighted by atomic mass is 35.5. The number of piperidine rings is 1. The van der Waals surface area contributed by atoms with E-state index >= 15 is 0 Å². The summed E-state index contributed by atoms with van der Waals surface area (Å²) < 4.78 is 40.3. The lowest BCUT2D eigenvalue weighted by atomic mass is 9.98. The molecule has 1 unspecified atom stereocenters. The highest BCUT2D eigenvalue weighted by Gasteiger charge is 2.38. The van der Waals surface area contributed by atoms with Crippen LogP contribution in [0, 0.1) is 5.92 Å². The van der Waals surface area contributed by atoms with Crippen molar-refractivity contribution < 1.29 is 27.9 Å². The number of carbonyl (C=O) groups is 2. The van der Waals surface area contributed by atoms with E-state index < -0.39 is 29.7 Å². The lowest BCUT2D eigenvalue weighted by Gasteiger charge is -2.30. The first kappa shape index (κ1) is 19.2. The molecule has 1 amide bonds. The van der Waals surface area contributed by atoms with Gasteiger partial charge in [0.15, 0.2) is 5.69 Å². The van der Waals surface area contributed by atoms with Crippen LogP contribution in [0.15, 0.2) is 30.3 Å². The minimum absolute atomic E-state index is 0.0663. The summed E-state index contributed by atoms with van der Waals surface area (Å²) in [5.74, 6) is -2.51. The van der Waals surface area contributed by atoms with E-state index in [0.29, 0.717) is 18.9 Å². The fraction of sp³-hybridized carbons (Fsp3) is 0.353. The van der Waals surface area contributed by atoms with Gasteiger partial charge >= 0.3 is 12.1 Å². The van der Waals surface area contributed by atoms with E-state index in [1.165, 1.54) is 17.0 Å².